The van der Waals surface area contributed by atoms with E-state index in [1.165, 1.54) is 18.4 Å². The van der Waals surface area contributed by atoms with Crippen molar-refractivity contribution in [1.82, 2.24) is 14.9 Å². The smallest absolute Gasteiger partial charge is 0.280 e. The first kappa shape index (κ1) is 29.3. The molecule has 198 valence electrons. The van der Waals surface area contributed by atoms with Gasteiger partial charge in [0.05, 0.1) is 17.3 Å². The van der Waals surface area contributed by atoms with Crippen LogP contribution in [0.3, 0.4) is 0 Å². The second-order valence-electron chi connectivity index (χ2n) is 8.90. The van der Waals surface area contributed by atoms with E-state index in [0.29, 0.717) is 17.6 Å². The number of carbonyl (C=O) groups excluding carboxylic acids is 2. The summed E-state index contributed by atoms with van der Waals surface area (Å²) in [6.45, 7) is 7.72. The predicted octanol–water partition coefficient (Wildman–Crippen LogP) is 5.05. The fourth-order valence-corrected chi connectivity index (χ4v) is 4.20. The molecule has 2 amide bonds. The number of nitrogens with zero attached hydrogens (tertiary/aromatic N) is 3. The van der Waals surface area contributed by atoms with Crippen LogP contribution in [0.25, 0.3) is 11.0 Å². The second-order valence-corrected chi connectivity index (χ2v) is 8.90. The van der Waals surface area contributed by atoms with E-state index >= 15 is 0 Å². The van der Waals surface area contributed by atoms with Crippen LogP contribution >= 0.6 is 0 Å². The topological polar surface area (TPSA) is 117 Å². The Hall–Kier alpha value is -3.94. The molecule has 0 atom stereocenters. The molecule has 0 saturated carbocycles. The minimum atomic E-state index is -0.543. The molecule has 0 unspecified atom stereocenters. The maximum absolute atomic E-state index is 12.5. The first-order chi connectivity index (χ1) is 17.9. The van der Waals surface area contributed by atoms with Gasteiger partial charge in [-0.1, -0.05) is 44.4 Å². The normalized spacial score (nSPS) is 11.1. The maximum atomic E-state index is 12.5. The number of aliphatic hydroxyl groups is 1. The van der Waals surface area contributed by atoms with E-state index in [4.69, 9.17) is 5.11 Å². The zero-order valence-corrected chi connectivity index (χ0v) is 22.0. The molecule has 2 aromatic carbocycles. The van der Waals surface area contributed by atoms with Crippen molar-refractivity contribution in [3.63, 3.8) is 0 Å². The highest BCUT2D eigenvalue weighted by molar-refractivity contribution is 5.99. The number of hydrogen-bond donors (Lipinski definition) is 3. The standard InChI is InChI=1S/C27H34N4O3.C2H4O/c1-19-16-23-24(17-20(19)2)31(26(28-3)25(30-23)27(34)29-18-32)15-9-7-5-4-6-8-10-21-11-13-22(33)14-12-21;1-2-3/h11-14,16-18,33H,4-10,15H2,1-3H3,(H,29,32,34);2-3H,1H2. The van der Waals surface area contributed by atoms with E-state index in [0.717, 1.165) is 67.1 Å². The highest BCUT2D eigenvalue weighted by Crippen LogP contribution is 2.18. The Morgan fingerprint density at radius 1 is 1.05 bits per heavy atom. The number of aromatic nitrogens is 2. The lowest BCUT2D eigenvalue weighted by molar-refractivity contribution is -0.108. The first-order valence-electron chi connectivity index (χ1n) is 12.6. The van der Waals surface area contributed by atoms with E-state index < -0.39 is 5.91 Å². The van der Waals surface area contributed by atoms with Gasteiger partial charge in [0, 0.05) is 13.6 Å². The number of unbranched alkanes of at least 4 members (excludes halogenated alkanes) is 5. The van der Waals surface area contributed by atoms with E-state index in [2.05, 4.69) is 39.4 Å². The van der Waals surface area contributed by atoms with Crippen LogP contribution < -0.4 is 10.8 Å². The van der Waals surface area contributed by atoms with Gasteiger partial charge in [-0.3, -0.25) is 19.9 Å². The van der Waals surface area contributed by atoms with Crippen molar-refractivity contribution in [1.29, 1.82) is 0 Å². The van der Waals surface area contributed by atoms with Gasteiger partial charge in [0.15, 0.2) is 11.2 Å². The minimum absolute atomic E-state index is 0.166. The third-order valence-electron chi connectivity index (χ3n) is 6.23. The Kier molecular flexibility index (Phi) is 12.1. The number of nitrogens with one attached hydrogen (secondary N) is 1. The molecule has 0 bridgehead atoms. The molecule has 3 rings (SSSR count). The largest absolute Gasteiger partial charge is 0.516 e. The number of imide groups is 1. The number of benzene rings is 2. The summed E-state index contributed by atoms with van der Waals surface area (Å²) in [5, 5.41) is 18.9. The number of phenols is 1. The SMILES string of the molecule is C=CO.CN=c1c(C(=O)NC=O)nc2cc(C)c(C)cc2n1CCCCCCCCc1ccc(O)cc1. The molecule has 0 fully saturated rings. The first-order valence-corrected chi connectivity index (χ1v) is 12.6. The molecular formula is C29H38N4O4. The third-order valence-corrected chi connectivity index (χ3v) is 6.23. The van der Waals surface area contributed by atoms with Crippen molar-refractivity contribution in [2.45, 2.75) is 65.3 Å². The van der Waals surface area contributed by atoms with Crippen LogP contribution in [0.4, 0.5) is 0 Å². The molecule has 1 aromatic heterocycles. The summed E-state index contributed by atoms with van der Waals surface area (Å²) in [7, 11) is 1.65. The summed E-state index contributed by atoms with van der Waals surface area (Å²) < 4.78 is 2.05. The van der Waals surface area contributed by atoms with Gasteiger partial charge in [-0.2, -0.15) is 0 Å². The summed E-state index contributed by atoms with van der Waals surface area (Å²) in [4.78, 5) is 32.2. The van der Waals surface area contributed by atoms with Gasteiger partial charge >= 0.3 is 0 Å². The lowest BCUT2D eigenvalue weighted by Crippen LogP contribution is -2.35. The van der Waals surface area contributed by atoms with Crippen molar-refractivity contribution in [2.24, 2.45) is 4.99 Å². The van der Waals surface area contributed by atoms with Crippen molar-refractivity contribution < 1.29 is 19.8 Å². The number of fused-ring (bicyclic) bond motifs is 1. The molecule has 8 nitrogen and oxygen atoms in total. The highest BCUT2D eigenvalue weighted by Gasteiger charge is 2.16. The van der Waals surface area contributed by atoms with Crippen LogP contribution in [0, 0.1) is 13.8 Å². The Morgan fingerprint density at radius 3 is 2.27 bits per heavy atom. The number of phenolic OH excluding ortho intramolecular Hbond substituents is 1. The Bertz CT molecular complexity index is 1260. The monoisotopic (exact) mass is 506 g/mol. The summed E-state index contributed by atoms with van der Waals surface area (Å²) >= 11 is 0. The number of hydrogen-bond acceptors (Lipinski definition) is 6. The molecule has 0 radical (unpaired) electrons. The molecular weight excluding hydrogens is 468 g/mol. The highest BCUT2D eigenvalue weighted by atomic mass is 16.3. The van der Waals surface area contributed by atoms with Crippen molar-refractivity contribution in [3.05, 3.63) is 77.1 Å². The summed E-state index contributed by atoms with van der Waals surface area (Å²) in [6, 6.07) is 11.5. The molecule has 3 N–H and O–H groups in total. The molecule has 37 heavy (non-hydrogen) atoms. The number of rotatable bonds is 11. The fourth-order valence-electron chi connectivity index (χ4n) is 4.20. The van der Waals surface area contributed by atoms with Crippen LogP contribution in [0.5, 0.6) is 5.75 Å². The van der Waals surface area contributed by atoms with E-state index in [-0.39, 0.29) is 5.69 Å². The van der Waals surface area contributed by atoms with E-state index in [1.807, 2.05) is 25.1 Å². The number of carbonyl (C=O) groups is 2. The van der Waals surface area contributed by atoms with Crippen LogP contribution in [0.15, 0.2) is 54.2 Å². The summed E-state index contributed by atoms with van der Waals surface area (Å²) in [5.41, 5.74) is 5.84. The quantitative estimate of drug-likeness (QED) is 0.191. The van der Waals surface area contributed by atoms with E-state index in [1.54, 1.807) is 19.2 Å². The van der Waals surface area contributed by atoms with Gasteiger partial charge in [0.1, 0.15) is 5.75 Å². The molecule has 0 aliphatic heterocycles. The zero-order valence-electron chi connectivity index (χ0n) is 22.0. The Morgan fingerprint density at radius 2 is 1.65 bits per heavy atom. The lowest BCUT2D eigenvalue weighted by atomic mass is 10.0. The Labute approximate surface area is 218 Å². The minimum Gasteiger partial charge on any atom is -0.516 e. The van der Waals surface area contributed by atoms with Crippen molar-refractivity contribution in [2.75, 3.05) is 7.05 Å². The number of amides is 2. The van der Waals surface area contributed by atoms with Gasteiger partial charge < -0.3 is 14.8 Å². The Balaban J connectivity index is 0.00000153. The van der Waals surface area contributed by atoms with Gasteiger partial charge in [0.25, 0.3) is 5.91 Å². The van der Waals surface area contributed by atoms with Gasteiger partial charge in [-0.25, -0.2) is 4.98 Å². The van der Waals surface area contributed by atoms with Crippen molar-refractivity contribution in [3.8, 4) is 5.75 Å². The van der Waals surface area contributed by atoms with Crippen molar-refractivity contribution >= 4 is 23.4 Å². The molecule has 0 aliphatic carbocycles. The van der Waals surface area contributed by atoms with E-state index in [9.17, 15) is 14.7 Å². The van der Waals surface area contributed by atoms with Gasteiger partial charge in [-0.05, 0) is 74.1 Å². The fraction of sp³-hybridized carbons (Fsp3) is 0.379. The average molecular weight is 507 g/mol. The molecule has 3 aromatic rings. The average Bonchev–Trinajstić information content (AvgIpc) is 2.87. The summed E-state index contributed by atoms with van der Waals surface area (Å²) in [5.74, 6) is -0.234. The number of aliphatic hydroxyl groups excluding tert-OH is 1. The third kappa shape index (κ3) is 8.59. The molecule has 0 spiro atoms. The zero-order chi connectivity index (χ0) is 27.2. The lowest BCUT2D eigenvalue weighted by Gasteiger charge is -2.15. The maximum Gasteiger partial charge on any atom is 0.280 e. The molecule has 1 heterocycles. The predicted molar refractivity (Wildman–Crippen MR) is 147 cm³/mol. The number of aromatic hydroxyl groups is 1. The van der Waals surface area contributed by atoms with Gasteiger partial charge in [0.2, 0.25) is 6.41 Å². The van der Waals surface area contributed by atoms with Gasteiger partial charge in [-0.15, -0.1) is 0 Å². The van der Waals surface area contributed by atoms with Crippen LogP contribution in [-0.4, -0.2) is 39.1 Å². The van der Waals surface area contributed by atoms with Crippen LogP contribution in [-0.2, 0) is 17.8 Å². The molecule has 8 heteroatoms. The molecule has 0 saturated heterocycles. The van der Waals surface area contributed by atoms with Crippen LogP contribution in [0.1, 0.15) is 65.7 Å². The second kappa shape index (κ2) is 15.2. The number of aryl methyl sites for hydroxylation is 4. The molecule has 0 aliphatic rings. The summed E-state index contributed by atoms with van der Waals surface area (Å²) in [6.07, 6.45) is 8.85. The van der Waals surface area contributed by atoms with Crippen LogP contribution in [0.2, 0.25) is 0 Å².